The number of aromatic nitrogens is 1. The molecule has 5 heteroatoms. The quantitative estimate of drug-likeness (QED) is 0.386. The van der Waals surface area contributed by atoms with Gasteiger partial charge in [-0.2, -0.15) is 5.10 Å². The molecule has 25 heavy (non-hydrogen) atoms. The Labute approximate surface area is 149 Å². The summed E-state index contributed by atoms with van der Waals surface area (Å²) in [5.74, 6) is 1.43. The van der Waals surface area contributed by atoms with Crippen LogP contribution in [0.3, 0.4) is 0 Å². The molecule has 4 nitrogen and oxygen atoms in total. The minimum absolute atomic E-state index is 0.658. The third-order valence-corrected chi connectivity index (χ3v) is 4.02. The highest BCUT2D eigenvalue weighted by atomic mass is 35.5. The Hall–Kier alpha value is -3.11. The predicted molar refractivity (Wildman–Crippen MR) is 102 cm³/mol. The van der Waals surface area contributed by atoms with E-state index < -0.39 is 0 Å². The fraction of sp³-hybridized carbons (Fsp3) is 0. The van der Waals surface area contributed by atoms with E-state index in [1.807, 2.05) is 66.7 Å². The molecule has 2 heterocycles. The zero-order chi connectivity index (χ0) is 17.1. The van der Waals surface area contributed by atoms with E-state index in [1.54, 1.807) is 12.4 Å². The number of benzene rings is 2. The molecule has 0 atom stereocenters. The van der Waals surface area contributed by atoms with Crippen molar-refractivity contribution < 1.29 is 4.42 Å². The van der Waals surface area contributed by atoms with Crippen molar-refractivity contribution >= 4 is 34.4 Å². The number of hydrazone groups is 1. The first-order chi connectivity index (χ1) is 12.3. The van der Waals surface area contributed by atoms with E-state index in [-0.39, 0.29) is 0 Å². The lowest BCUT2D eigenvalue weighted by molar-refractivity contribution is 0.575. The largest absolute Gasteiger partial charge is 0.455 e. The fourth-order valence-electron chi connectivity index (χ4n) is 2.55. The smallest absolute Gasteiger partial charge is 0.147 e. The minimum Gasteiger partial charge on any atom is -0.455 e. The lowest BCUT2D eigenvalue weighted by Gasteiger charge is -2.03. The number of rotatable bonds is 4. The third-order valence-electron chi connectivity index (χ3n) is 3.77. The van der Waals surface area contributed by atoms with Crippen LogP contribution in [-0.2, 0) is 0 Å². The van der Waals surface area contributed by atoms with Crippen LogP contribution in [-0.4, -0.2) is 11.2 Å². The maximum Gasteiger partial charge on any atom is 0.147 e. The van der Waals surface area contributed by atoms with E-state index in [1.165, 1.54) is 0 Å². The highest BCUT2D eigenvalue weighted by Crippen LogP contribution is 2.23. The number of pyridine rings is 1. The van der Waals surface area contributed by atoms with Gasteiger partial charge in [0, 0.05) is 22.2 Å². The number of furan rings is 1. The second-order valence-corrected chi connectivity index (χ2v) is 5.90. The van der Waals surface area contributed by atoms with Crippen LogP contribution in [0.4, 0.5) is 5.69 Å². The number of nitrogens with zero attached hydrogens (tertiary/aromatic N) is 2. The molecule has 4 rings (SSSR count). The molecule has 2 aromatic carbocycles. The Morgan fingerprint density at radius 3 is 2.68 bits per heavy atom. The van der Waals surface area contributed by atoms with Crippen LogP contribution in [0, 0.1) is 0 Å². The van der Waals surface area contributed by atoms with Gasteiger partial charge in [-0.3, -0.25) is 10.4 Å². The van der Waals surface area contributed by atoms with Crippen molar-refractivity contribution in [2.45, 2.75) is 0 Å². The zero-order valence-electron chi connectivity index (χ0n) is 13.2. The Kier molecular flexibility index (Phi) is 4.19. The molecule has 122 valence electrons. The zero-order valence-corrected chi connectivity index (χ0v) is 13.9. The number of nitrogens with one attached hydrogen (secondary N) is 1. The number of anilines is 1. The summed E-state index contributed by atoms with van der Waals surface area (Å²) in [5, 5.41) is 6.01. The summed E-state index contributed by atoms with van der Waals surface area (Å²) in [4.78, 5) is 4.39. The second-order valence-electron chi connectivity index (χ2n) is 5.46. The molecule has 0 aliphatic carbocycles. The molecular weight excluding hydrogens is 334 g/mol. The minimum atomic E-state index is 0.658. The van der Waals surface area contributed by atoms with Crippen LogP contribution < -0.4 is 5.43 Å². The summed E-state index contributed by atoms with van der Waals surface area (Å²) in [6, 6.07) is 21.1. The maximum absolute atomic E-state index is 5.91. The van der Waals surface area contributed by atoms with Crippen LogP contribution in [0.5, 0.6) is 0 Å². The number of hydrogen-bond donors (Lipinski definition) is 1. The van der Waals surface area contributed by atoms with E-state index in [9.17, 15) is 0 Å². The Bertz CT molecular complexity index is 1030. The number of fused-ring (bicyclic) bond motifs is 1. The van der Waals surface area contributed by atoms with Gasteiger partial charge in [-0.15, -0.1) is 0 Å². The first kappa shape index (κ1) is 15.4. The van der Waals surface area contributed by atoms with E-state index in [0.717, 1.165) is 27.9 Å². The number of halogens is 1. The molecule has 0 radical (unpaired) electrons. The second kappa shape index (κ2) is 6.79. The molecule has 2 aromatic heterocycles. The van der Waals surface area contributed by atoms with Gasteiger partial charge in [0.15, 0.2) is 0 Å². The van der Waals surface area contributed by atoms with Gasteiger partial charge >= 0.3 is 0 Å². The van der Waals surface area contributed by atoms with Crippen LogP contribution in [0.1, 0.15) is 5.76 Å². The van der Waals surface area contributed by atoms with Crippen LogP contribution in [0.15, 0.2) is 82.4 Å². The Morgan fingerprint density at radius 2 is 1.80 bits per heavy atom. The van der Waals surface area contributed by atoms with Crippen LogP contribution in [0.25, 0.3) is 22.2 Å². The van der Waals surface area contributed by atoms with Gasteiger partial charge in [0.2, 0.25) is 0 Å². The maximum atomic E-state index is 5.91. The summed E-state index contributed by atoms with van der Waals surface area (Å²) in [5.41, 5.74) is 5.71. The molecule has 0 spiro atoms. The third kappa shape index (κ3) is 3.39. The molecule has 0 saturated heterocycles. The number of hydrogen-bond acceptors (Lipinski definition) is 4. The highest BCUT2D eigenvalue weighted by Gasteiger charge is 2.04. The van der Waals surface area contributed by atoms with E-state index in [0.29, 0.717) is 10.8 Å². The lowest BCUT2D eigenvalue weighted by Crippen LogP contribution is -1.92. The lowest BCUT2D eigenvalue weighted by atomic mass is 10.2. The van der Waals surface area contributed by atoms with Gasteiger partial charge in [-0.1, -0.05) is 29.8 Å². The van der Waals surface area contributed by atoms with E-state index in [4.69, 9.17) is 16.0 Å². The van der Waals surface area contributed by atoms with Crippen LogP contribution in [0.2, 0.25) is 5.02 Å². The van der Waals surface area contributed by atoms with E-state index >= 15 is 0 Å². The monoisotopic (exact) mass is 347 g/mol. The molecule has 0 aliphatic rings. The average Bonchev–Trinajstić information content (AvgIpc) is 3.11. The molecule has 0 bridgehead atoms. The molecule has 0 amide bonds. The molecule has 0 fully saturated rings. The molecule has 0 unspecified atom stereocenters. The standard InChI is InChI=1S/C20H14ClN3O/c21-16-8-6-14(7-9-16)19-11-10-17(25-19)13-23-24-18-5-1-3-15-4-2-12-22-20(15)18/h1-13,24H/b23-13+. The molecule has 0 saturated carbocycles. The topological polar surface area (TPSA) is 50.4 Å². The van der Waals surface area contributed by atoms with Crippen molar-refractivity contribution in [1.82, 2.24) is 4.98 Å². The van der Waals surface area contributed by atoms with Gasteiger partial charge in [0.25, 0.3) is 0 Å². The number of para-hydroxylation sites is 1. The Balaban J connectivity index is 1.51. The summed E-state index contributed by atoms with van der Waals surface area (Å²) in [6.45, 7) is 0. The fourth-order valence-corrected chi connectivity index (χ4v) is 2.68. The molecular formula is C20H14ClN3O. The van der Waals surface area contributed by atoms with Gasteiger partial charge in [-0.05, 0) is 48.5 Å². The van der Waals surface area contributed by atoms with Crippen LogP contribution >= 0.6 is 11.6 Å². The van der Waals surface area contributed by atoms with Crippen molar-refractivity contribution in [3.8, 4) is 11.3 Å². The normalized spacial score (nSPS) is 11.2. The van der Waals surface area contributed by atoms with Gasteiger partial charge in [0.05, 0.1) is 17.4 Å². The molecule has 0 aliphatic heterocycles. The average molecular weight is 348 g/mol. The van der Waals surface area contributed by atoms with Crippen molar-refractivity contribution in [2.24, 2.45) is 5.10 Å². The van der Waals surface area contributed by atoms with Crippen molar-refractivity contribution in [3.63, 3.8) is 0 Å². The Morgan fingerprint density at radius 1 is 0.960 bits per heavy atom. The summed E-state index contributed by atoms with van der Waals surface area (Å²) in [6.07, 6.45) is 3.41. The van der Waals surface area contributed by atoms with Crippen molar-refractivity contribution in [2.75, 3.05) is 5.43 Å². The van der Waals surface area contributed by atoms with Crippen molar-refractivity contribution in [1.29, 1.82) is 0 Å². The summed E-state index contributed by atoms with van der Waals surface area (Å²) < 4.78 is 5.79. The highest BCUT2D eigenvalue weighted by molar-refractivity contribution is 6.30. The summed E-state index contributed by atoms with van der Waals surface area (Å²) in [7, 11) is 0. The van der Waals surface area contributed by atoms with E-state index in [2.05, 4.69) is 15.5 Å². The predicted octanol–water partition coefficient (Wildman–Crippen LogP) is 5.59. The molecule has 1 N–H and O–H groups in total. The first-order valence-corrected chi connectivity index (χ1v) is 8.16. The van der Waals surface area contributed by atoms with Gasteiger partial charge in [0.1, 0.15) is 11.5 Å². The van der Waals surface area contributed by atoms with Gasteiger partial charge < -0.3 is 4.42 Å². The first-order valence-electron chi connectivity index (χ1n) is 7.78. The molecule has 4 aromatic rings. The summed E-state index contributed by atoms with van der Waals surface area (Å²) >= 11 is 5.91. The van der Waals surface area contributed by atoms with Gasteiger partial charge in [-0.25, -0.2) is 0 Å². The van der Waals surface area contributed by atoms with Crippen molar-refractivity contribution in [3.05, 3.63) is 83.7 Å². The SMILES string of the molecule is Clc1ccc(-c2ccc(/C=N/Nc3cccc4cccnc34)o2)cc1.